The van der Waals surface area contributed by atoms with Crippen LogP contribution in [0.25, 0.3) is 11.1 Å². The fraction of sp³-hybridized carbons (Fsp3) is 0.0526. The fourth-order valence-electron chi connectivity index (χ4n) is 2.44. The number of carbonyl (C=O) groups is 2. The maximum atomic E-state index is 12.4. The number of aromatic amines is 1. The smallest absolute Gasteiger partial charge is 0.309 e. The summed E-state index contributed by atoms with van der Waals surface area (Å²) in [5.41, 5.74) is 3.61. The standard InChI is InChI=1S/C19H15NO3/c21-18(22)12-16-10-11-17(20-16)19(23)15-8-6-14(7-9-15)13-4-2-1-3-5-13/h1-11,20H,12H2,(H,21,22). The van der Waals surface area contributed by atoms with Gasteiger partial charge in [-0.25, -0.2) is 0 Å². The summed E-state index contributed by atoms with van der Waals surface area (Å²) in [5, 5.41) is 8.77. The van der Waals surface area contributed by atoms with E-state index in [0.717, 1.165) is 11.1 Å². The highest BCUT2D eigenvalue weighted by atomic mass is 16.4. The molecule has 0 atom stereocenters. The van der Waals surface area contributed by atoms with Gasteiger partial charge in [-0.05, 0) is 23.3 Å². The zero-order valence-electron chi connectivity index (χ0n) is 12.3. The second-order valence-corrected chi connectivity index (χ2v) is 5.24. The van der Waals surface area contributed by atoms with Crippen molar-refractivity contribution < 1.29 is 14.7 Å². The van der Waals surface area contributed by atoms with E-state index in [9.17, 15) is 9.59 Å². The van der Waals surface area contributed by atoms with Crippen molar-refractivity contribution in [1.82, 2.24) is 4.98 Å². The van der Waals surface area contributed by atoms with E-state index < -0.39 is 5.97 Å². The molecule has 0 saturated carbocycles. The van der Waals surface area contributed by atoms with Crippen LogP contribution >= 0.6 is 0 Å². The van der Waals surface area contributed by atoms with Crippen molar-refractivity contribution in [2.75, 3.05) is 0 Å². The van der Waals surface area contributed by atoms with Gasteiger partial charge in [-0.3, -0.25) is 9.59 Å². The summed E-state index contributed by atoms with van der Waals surface area (Å²) in [5.74, 6) is -1.08. The van der Waals surface area contributed by atoms with Gasteiger partial charge in [0.1, 0.15) is 0 Å². The van der Waals surface area contributed by atoms with Crippen LogP contribution in [0.15, 0.2) is 66.7 Å². The normalized spacial score (nSPS) is 10.4. The highest BCUT2D eigenvalue weighted by Gasteiger charge is 2.12. The van der Waals surface area contributed by atoms with Crippen LogP contribution in [-0.4, -0.2) is 21.8 Å². The largest absolute Gasteiger partial charge is 0.481 e. The lowest BCUT2D eigenvalue weighted by molar-refractivity contribution is -0.136. The van der Waals surface area contributed by atoms with E-state index in [1.54, 1.807) is 24.3 Å². The second kappa shape index (κ2) is 6.32. The average molecular weight is 305 g/mol. The second-order valence-electron chi connectivity index (χ2n) is 5.24. The minimum atomic E-state index is -0.932. The van der Waals surface area contributed by atoms with E-state index in [0.29, 0.717) is 17.0 Å². The average Bonchev–Trinajstić information content (AvgIpc) is 3.03. The number of carboxylic acids is 1. The molecule has 1 heterocycles. The Balaban J connectivity index is 1.80. The molecule has 4 heteroatoms. The van der Waals surface area contributed by atoms with E-state index in [2.05, 4.69) is 4.98 Å². The van der Waals surface area contributed by atoms with Crippen molar-refractivity contribution in [3.63, 3.8) is 0 Å². The Kier molecular flexibility index (Phi) is 4.06. The highest BCUT2D eigenvalue weighted by Crippen LogP contribution is 2.20. The Bertz CT molecular complexity index is 833. The van der Waals surface area contributed by atoms with Gasteiger partial charge in [0.2, 0.25) is 5.78 Å². The molecule has 0 aliphatic heterocycles. The van der Waals surface area contributed by atoms with Gasteiger partial charge >= 0.3 is 5.97 Å². The van der Waals surface area contributed by atoms with Crippen molar-refractivity contribution in [1.29, 1.82) is 0 Å². The van der Waals surface area contributed by atoms with Gasteiger partial charge in [0.05, 0.1) is 12.1 Å². The molecule has 0 unspecified atom stereocenters. The van der Waals surface area contributed by atoms with Crippen molar-refractivity contribution in [3.8, 4) is 11.1 Å². The van der Waals surface area contributed by atoms with Gasteiger partial charge in [-0.2, -0.15) is 0 Å². The first-order chi connectivity index (χ1) is 11.1. The molecular formula is C19H15NO3. The van der Waals surface area contributed by atoms with Gasteiger partial charge in [0, 0.05) is 11.3 Å². The molecule has 2 N–H and O–H groups in total. The molecule has 2 aromatic carbocycles. The molecule has 1 aromatic heterocycles. The first-order valence-electron chi connectivity index (χ1n) is 7.23. The first-order valence-corrected chi connectivity index (χ1v) is 7.23. The molecule has 3 aromatic rings. The number of aliphatic carboxylic acids is 1. The number of carbonyl (C=O) groups excluding carboxylic acids is 1. The lowest BCUT2D eigenvalue weighted by Crippen LogP contribution is -2.04. The van der Waals surface area contributed by atoms with Crippen LogP contribution in [0.3, 0.4) is 0 Å². The SMILES string of the molecule is O=C(O)Cc1ccc(C(=O)c2ccc(-c3ccccc3)cc2)[nH]1. The third-order valence-corrected chi connectivity index (χ3v) is 3.59. The summed E-state index contributed by atoms with van der Waals surface area (Å²) in [6.07, 6.45) is -0.125. The van der Waals surface area contributed by atoms with E-state index in [4.69, 9.17) is 5.11 Å². The number of rotatable bonds is 5. The third kappa shape index (κ3) is 3.37. The summed E-state index contributed by atoms with van der Waals surface area (Å²) in [7, 11) is 0. The molecule has 0 radical (unpaired) electrons. The van der Waals surface area contributed by atoms with Crippen LogP contribution in [0.4, 0.5) is 0 Å². The zero-order valence-corrected chi connectivity index (χ0v) is 12.3. The molecule has 114 valence electrons. The van der Waals surface area contributed by atoms with E-state index in [1.165, 1.54) is 0 Å². The molecule has 0 amide bonds. The van der Waals surface area contributed by atoms with E-state index in [1.807, 2.05) is 42.5 Å². The Morgan fingerprint density at radius 3 is 2.13 bits per heavy atom. The van der Waals surface area contributed by atoms with Crippen molar-refractivity contribution in [3.05, 3.63) is 83.7 Å². The third-order valence-electron chi connectivity index (χ3n) is 3.59. The molecule has 0 aliphatic rings. The Morgan fingerprint density at radius 2 is 1.48 bits per heavy atom. The summed E-state index contributed by atoms with van der Waals surface area (Å²) in [4.78, 5) is 26.0. The van der Waals surface area contributed by atoms with Gasteiger partial charge in [0.25, 0.3) is 0 Å². The summed E-state index contributed by atoms with van der Waals surface area (Å²) in [6.45, 7) is 0. The Hall–Kier alpha value is -3.14. The first kappa shape index (κ1) is 14.8. The summed E-state index contributed by atoms with van der Waals surface area (Å²) < 4.78 is 0. The maximum Gasteiger partial charge on any atom is 0.309 e. The van der Waals surface area contributed by atoms with Crippen molar-refractivity contribution in [2.45, 2.75) is 6.42 Å². The van der Waals surface area contributed by atoms with E-state index in [-0.39, 0.29) is 12.2 Å². The minimum absolute atomic E-state index is 0.125. The maximum absolute atomic E-state index is 12.4. The van der Waals surface area contributed by atoms with Crippen LogP contribution in [0.5, 0.6) is 0 Å². The summed E-state index contributed by atoms with van der Waals surface area (Å²) >= 11 is 0. The monoisotopic (exact) mass is 305 g/mol. The molecular weight excluding hydrogens is 290 g/mol. The molecule has 0 fully saturated rings. The van der Waals surface area contributed by atoms with Gasteiger partial charge in [-0.1, -0.05) is 54.6 Å². The number of carboxylic acid groups (broad SMARTS) is 1. The number of H-pyrrole nitrogens is 1. The quantitative estimate of drug-likeness (QED) is 0.708. The minimum Gasteiger partial charge on any atom is -0.481 e. The summed E-state index contributed by atoms with van der Waals surface area (Å²) in [6, 6.07) is 20.5. The molecule has 0 saturated heterocycles. The number of hydrogen-bond donors (Lipinski definition) is 2. The Labute approximate surface area is 133 Å². The number of benzene rings is 2. The van der Waals surface area contributed by atoms with Gasteiger partial charge in [0.15, 0.2) is 0 Å². The fourth-order valence-corrected chi connectivity index (χ4v) is 2.44. The van der Waals surface area contributed by atoms with Crippen molar-refractivity contribution in [2.24, 2.45) is 0 Å². The number of aromatic nitrogens is 1. The predicted octanol–water partition coefficient (Wildman–Crippen LogP) is 3.54. The van der Waals surface area contributed by atoms with Gasteiger partial charge in [-0.15, -0.1) is 0 Å². The molecule has 4 nitrogen and oxygen atoms in total. The van der Waals surface area contributed by atoms with Crippen LogP contribution in [0.2, 0.25) is 0 Å². The molecule has 0 spiro atoms. The predicted molar refractivity (Wildman–Crippen MR) is 87.4 cm³/mol. The highest BCUT2D eigenvalue weighted by molar-refractivity contribution is 6.08. The Morgan fingerprint density at radius 1 is 0.826 bits per heavy atom. The van der Waals surface area contributed by atoms with Crippen LogP contribution in [0.1, 0.15) is 21.7 Å². The number of ketones is 1. The topological polar surface area (TPSA) is 70.2 Å². The van der Waals surface area contributed by atoms with Crippen LogP contribution < -0.4 is 0 Å². The lowest BCUT2D eigenvalue weighted by Gasteiger charge is -2.03. The zero-order chi connectivity index (χ0) is 16.2. The van der Waals surface area contributed by atoms with Gasteiger partial charge < -0.3 is 10.1 Å². The number of hydrogen-bond acceptors (Lipinski definition) is 2. The molecule has 0 bridgehead atoms. The number of nitrogens with one attached hydrogen (secondary N) is 1. The molecule has 0 aliphatic carbocycles. The molecule has 3 rings (SSSR count). The van der Waals surface area contributed by atoms with Crippen LogP contribution in [0, 0.1) is 0 Å². The van der Waals surface area contributed by atoms with E-state index >= 15 is 0 Å². The van der Waals surface area contributed by atoms with Crippen molar-refractivity contribution >= 4 is 11.8 Å². The lowest BCUT2D eigenvalue weighted by atomic mass is 10.0. The molecule has 23 heavy (non-hydrogen) atoms. The van der Waals surface area contributed by atoms with Crippen LogP contribution in [-0.2, 0) is 11.2 Å².